The van der Waals surface area contributed by atoms with E-state index in [1.54, 1.807) is 25.1 Å². The highest BCUT2D eigenvalue weighted by atomic mass is 79.9. The average molecular weight is 377 g/mol. The molecule has 0 spiro atoms. The van der Waals surface area contributed by atoms with E-state index < -0.39 is 10.0 Å². The number of aromatic nitrogens is 1. The van der Waals surface area contributed by atoms with Gasteiger partial charge in [-0.25, -0.2) is 13.4 Å². The predicted octanol–water partition coefficient (Wildman–Crippen LogP) is 2.55. The fourth-order valence-electron chi connectivity index (χ4n) is 1.54. The van der Waals surface area contributed by atoms with Gasteiger partial charge in [0.25, 0.3) is 10.0 Å². The van der Waals surface area contributed by atoms with E-state index in [0.29, 0.717) is 12.1 Å². The molecule has 0 aliphatic heterocycles. The van der Waals surface area contributed by atoms with Crippen molar-refractivity contribution >= 4 is 43.1 Å². The van der Waals surface area contributed by atoms with Gasteiger partial charge in [-0.1, -0.05) is 0 Å². The van der Waals surface area contributed by atoms with Gasteiger partial charge in [-0.05, 0) is 47.1 Å². The Kier molecular flexibility index (Phi) is 4.79. The second-order valence-corrected chi connectivity index (χ2v) is 8.00. The molecule has 8 heteroatoms. The number of aryl methyl sites for hydroxylation is 1. The quantitative estimate of drug-likeness (QED) is 0.840. The van der Waals surface area contributed by atoms with Crippen LogP contribution in [-0.4, -0.2) is 25.1 Å². The van der Waals surface area contributed by atoms with Crippen LogP contribution < -0.4 is 4.72 Å². The first-order chi connectivity index (χ1) is 9.42. The molecule has 0 saturated heterocycles. The van der Waals surface area contributed by atoms with Crippen LogP contribution in [0.3, 0.4) is 0 Å². The maximum Gasteiger partial charge on any atom is 0.272 e. The Balaban J connectivity index is 2.23. The Morgan fingerprint density at radius 3 is 2.75 bits per heavy atom. The molecule has 5 nitrogen and oxygen atoms in total. The molecule has 2 heterocycles. The van der Waals surface area contributed by atoms with Crippen LogP contribution >= 0.6 is 27.3 Å². The van der Waals surface area contributed by atoms with Crippen LogP contribution in [0.4, 0.5) is 5.82 Å². The topological polar surface area (TPSA) is 79.3 Å². The summed E-state index contributed by atoms with van der Waals surface area (Å²) < 4.78 is 27.9. The first-order valence-corrected chi connectivity index (χ1v) is 8.87. The number of nitrogens with zero attached hydrogens (tertiary/aromatic N) is 1. The van der Waals surface area contributed by atoms with E-state index in [9.17, 15) is 8.42 Å². The van der Waals surface area contributed by atoms with Gasteiger partial charge >= 0.3 is 0 Å². The number of hydrogen-bond acceptors (Lipinski definition) is 5. The summed E-state index contributed by atoms with van der Waals surface area (Å²) in [5.41, 5.74) is 0.706. The Morgan fingerprint density at radius 2 is 2.10 bits per heavy atom. The maximum absolute atomic E-state index is 12.2. The van der Waals surface area contributed by atoms with Crippen LogP contribution in [0.1, 0.15) is 10.6 Å². The highest BCUT2D eigenvalue weighted by Gasteiger charge is 2.17. The van der Waals surface area contributed by atoms with Crippen molar-refractivity contribution in [2.45, 2.75) is 17.6 Å². The van der Waals surface area contributed by atoms with E-state index in [-0.39, 0.29) is 16.6 Å². The van der Waals surface area contributed by atoms with Crippen molar-refractivity contribution in [1.82, 2.24) is 4.98 Å². The molecule has 108 valence electrons. The number of halogens is 1. The van der Waals surface area contributed by atoms with E-state index in [0.717, 1.165) is 20.7 Å². The van der Waals surface area contributed by atoms with Crippen LogP contribution in [0, 0.1) is 6.92 Å². The molecule has 2 N–H and O–H groups in total. The Morgan fingerprint density at radius 1 is 1.35 bits per heavy atom. The molecule has 0 amide bonds. The van der Waals surface area contributed by atoms with E-state index in [1.807, 2.05) is 0 Å². The molecular formula is C12H13BrN2O3S2. The number of nitrogens with one attached hydrogen (secondary N) is 1. The van der Waals surface area contributed by atoms with E-state index in [4.69, 9.17) is 5.11 Å². The standard InChI is InChI=1S/C12H13BrN2O3S2/c1-8-10(13)3-4-11(14-8)15-20(17,18)12-5-2-9(19-12)6-7-16/h2-5,16H,6-7H2,1H3,(H,14,15). The molecule has 0 unspecified atom stereocenters. The Bertz CT molecular complexity index is 713. The smallest absolute Gasteiger partial charge is 0.272 e. The van der Waals surface area contributed by atoms with Gasteiger partial charge in [0.2, 0.25) is 0 Å². The summed E-state index contributed by atoms with van der Waals surface area (Å²) in [5.74, 6) is 0.280. The lowest BCUT2D eigenvalue weighted by atomic mass is 10.4. The van der Waals surface area contributed by atoms with Gasteiger partial charge in [-0.3, -0.25) is 4.72 Å². The molecule has 2 rings (SSSR count). The van der Waals surface area contributed by atoms with Crippen molar-refractivity contribution in [1.29, 1.82) is 0 Å². The first kappa shape index (κ1) is 15.4. The Labute approximate surface area is 129 Å². The zero-order valence-corrected chi connectivity index (χ0v) is 13.8. The second-order valence-electron chi connectivity index (χ2n) is 4.06. The van der Waals surface area contributed by atoms with Crippen LogP contribution in [0.5, 0.6) is 0 Å². The van der Waals surface area contributed by atoms with Gasteiger partial charge in [-0.2, -0.15) is 0 Å². The van der Waals surface area contributed by atoms with Gasteiger partial charge in [0, 0.05) is 22.4 Å². The largest absolute Gasteiger partial charge is 0.396 e. The summed E-state index contributed by atoms with van der Waals surface area (Å²) in [6.07, 6.45) is 0.454. The number of anilines is 1. The maximum atomic E-state index is 12.2. The van der Waals surface area contributed by atoms with Crippen molar-refractivity contribution in [2.24, 2.45) is 0 Å². The third-order valence-corrected chi connectivity index (χ3v) is 6.35. The molecule has 0 aliphatic rings. The minimum atomic E-state index is -3.63. The van der Waals surface area contributed by atoms with Gasteiger partial charge in [0.1, 0.15) is 10.0 Å². The lowest BCUT2D eigenvalue weighted by molar-refractivity contribution is 0.300. The lowest BCUT2D eigenvalue weighted by Crippen LogP contribution is -2.12. The number of aliphatic hydroxyl groups excluding tert-OH is 1. The third-order valence-electron chi connectivity index (χ3n) is 2.52. The minimum Gasteiger partial charge on any atom is -0.396 e. The van der Waals surface area contributed by atoms with E-state index >= 15 is 0 Å². The molecule has 0 saturated carbocycles. The van der Waals surface area contributed by atoms with Crippen LogP contribution in [0.15, 0.2) is 32.9 Å². The van der Waals surface area contributed by atoms with Gasteiger partial charge in [0.15, 0.2) is 0 Å². The fraction of sp³-hybridized carbons (Fsp3) is 0.250. The van der Waals surface area contributed by atoms with Crippen molar-refractivity contribution in [3.63, 3.8) is 0 Å². The predicted molar refractivity (Wildman–Crippen MR) is 82.6 cm³/mol. The summed E-state index contributed by atoms with van der Waals surface area (Å²) in [6.45, 7) is 1.78. The van der Waals surface area contributed by atoms with Crippen molar-refractivity contribution < 1.29 is 13.5 Å². The number of thiophene rings is 1. The molecular weight excluding hydrogens is 364 g/mol. The van der Waals surface area contributed by atoms with Gasteiger partial charge < -0.3 is 5.11 Å². The molecule has 0 aliphatic carbocycles. The molecule has 0 fully saturated rings. The third kappa shape index (κ3) is 3.57. The summed E-state index contributed by atoms with van der Waals surface area (Å²) in [5, 5.41) is 8.85. The van der Waals surface area contributed by atoms with Gasteiger partial charge in [-0.15, -0.1) is 11.3 Å². The Hall–Kier alpha value is -0.960. The molecule has 20 heavy (non-hydrogen) atoms. The average Bonchev–Trinajstić information content (AvgIpc) is 2.83. The first-order valence-electron chi connectivity index (χ1n) is 5.78. The molecule has 0 aromatic carbocycles. The lowest BCUT2D eigenvalue weighted by Gasteiger charge is -2.06. The zero-order chi connectivity index (χ0) is 14.8. The summed E-state index contributed by atoms with van der Waals surface area (Å²) >= 11 is 4.46. The summed E-state index contributed by atoms with van der Waals surface area (Å²) in [4.78, 5) is 4.98. The van der Waals surface area contributed by atoms with Crippen molar-refractivity contribution in [2.75, 3.05) is 11.3 Å². The van der Waals surface area contributed by atoms with E-state index in [1.165, 1.54) is 6.07 Å². The molecule has 0 atom stereocenters. The molecule has 0 radical (unpaired) electrons. The van der Waals surface area contributed by atoms with E-state index in [2.05, 4.69) is 25.6 Å². The van der Waals surface area contributed by atoms with Crippen molar-refractivity contribution in [3.05, 3.63) is 39.3 Å². The number of rotatable bonds is 5. The number of sulfonamides is 1. The molecule has 2 aromatic heterocycles. The number of pyridine rings is 1. The van der Waals surface area contributed by atoms with Gasteiger partial charge in [0.05, 0.1) is 5.69 Å². The second kappa shape index (κ2) is 6.21. The number of aliphatic hydroxyl groups is 1. The highest BCUT2D eigenvalue weighted by Crippen LogP contribution is 2.24. The SMILES string of the molecule is Cc1nc(NS(=O)(=O)c2ccc(CCO)s2)ccc1Br. The van der Waals surface area contributed by atoms with Crippen LogP contribution in [0.2, 0.25) is 0 Å². The fourth-order valence-corrected chi connectivity index (χ4v) is 4.10. The zero-order valence-electron chi connectivity index (χ0n) is 10.6. The highest BCUT2D eigenvalue weighted by molar-refractivity contribution is 9.10. The van der Waals surface area contributed by atoms with Crippen molar-refractivity contribution in [3.8, 4) is 0 Å². The molecule has 0 bridgehead atoms. The van der Waals surface area contributed by atoms with Crippen LogP contribution in [0.25, 0.3) is 0 Å². The monoisotopic (exact) mass is 376 g/mol. The summed E-state index contributed by atoms with van der Waals surface area (Å²) in [7, 11) is -3.63. The molecule has 2 aromatic rings. The normalized spacial score (nSPS) is 11.6. The van der Waals surface area contributed by atoms with Crippen LogP contribution in [-0.2, 0) is 16.4 Å². The number of hydrogen-bond donors (Lipinski definition) is 2. The summed E-state index contributed by atoms with van der Waals surface area (Å²) in [6, 6.07) is 6.57. The minimum absolute atomic E-state index is 0.000885.